The van der Waals surface area contributed by atoms with E-state index in [1.54, 1.807) is 30.3 Å². The van der Waals surface area contributed by atoms with Crippen LogP contribution < -0.4 is 10.3 Å². The number of pyridine rings is 1. The summed E-state index contributed by atoms with van der Waals surface area (Å²) in [6.07, 6.45) is 0. The molecule has 0 aliphatic heterocycles. The average molecular weight is 521 g/mol. The van der Waals surface area contributed by atoms with E-state index in [1.165, 1.54) is 19.2 Å². The van der Waals surface area contributed by atoms with Gasteiger partial charge in [-0.3, -0.25) is 4.79 Å². The van der Waals surface area contributed by atoms with E-state index in [4.69, 9.17) is 39.5 Å². The fourth-order valence-electron chi connectivity index (χ4n) is 2.90. The van der Waals surface area contributed by atoms with Crippen molar-refractivity contribution in [3.05, 3.63) is 85.8 Å². The molecule has 1 aromatic heterocycles. The number of carbonyl (C=O) groups is 1. The minimum absolute atomic E-state index is 0.167. The molecular weight excluding hydrogens is 507 g/mol. The fourth-order valence-corrected chi connectivity index (χ4v) is 4.68. The Balaban J connectivity index is 2.21. The number of aromatic nitrogens is 1. The second kappa shape index (κ2) is 9.70. The molecule has 11 heteroatoms. The zero-order valence-corrected chi connectivity index (χ0v) is 19.3. The van der Waals surface area contributed by atoms with Crippen molar-refractivity contribution in [2.75, 3.05) is 7.11 Å². The Morgan fingerprint density at radius 3 is 2.25 bits per heavy atom. The Hall–Kier alpha value is -2.26. The first-order valence-corrected chi connectivity index (χ1v) is 10.8. The van der Waals surface area contributed by atoms with Crippen LogP contribution in [-0.2, 0) is 11.9 Å². The van der Waals surface area contributed by atoms with Crippen LogP contribution in [0, 0.1) is 0 Å². The van der Waals surface area contributed by atoms with Crippen LogP contribution in [0.5, 0.6) is 5.75 Å². The van der Waals surface area contributed by atoms with E-state index in [2.05, 4.69) is 0 Å². The molecule has 0 saturated heterocycles. The molecular formula is C21H14Cl3F2NO4S. The number of carboxylic acids is 1. The number of aromatic carboxylic acids is 1. The number of hydrogen-bond acceptors (Lipinski definition) is 4. The highest BCUT2D eigenvalue weighted by atomic mass is 35.5. The van der Waals surface area contributed by atoms with Crippen LogP contribution in [0.1, 0.15) is 21.6 Å². The van der Waals surface area contributed by atoms with Gasteiger partial charge in [-0.25, -0.2) is 4.79 Å². The predicted octanol–water partition coefficient (Wildman–Crippen LogP) is 6.35. The van der Waals surface area contributed by atoms with Crippen molar-refractivity contribution in [1.82, 2.24) is 4.57 Å². The minimum Gasteiger partial charge on any atom is -0.497 e. The quantitative estimate of drug-likeness (QED) is 0.368. The smallest absolute Gasteiger partial charge is 0.363 e. The van der Waals surface area contributed by atoms with E-state index in [0.29, 0.717) is 27.6 Å². The number of hydrogen-bond donors (Lipinski definition) is 1. The van der Waals surface area contributed by atoms with E-state index in [0.717, 1.165) is 6.07 Å². The SMILES string of the molecule is COc1ccc(Cn2c(C(F)(F)Cl)cc(Sc3c(Cl)cccc3Cl)c(C(=O)O)c2=O)cc1. The Bertz CT molecular complexity index is 1210. The van der Waals surface area contributed by atoms with Gasteiger partial charge in [-0.05, 0) is 47.5 Å². The lowest BCUT2D eigenvalue weighted by Gasteiger charge is -2.20. The molecule has 0 bridgehead atoms. The highest BCUT2D eigenvalue weighted by Gasteiger charge is 2.35. The fraction of sp³-hybridized carbons (Fsp3) is 0.143. The van der Waals surface area contributed by atoms with Gasteiger partial charge in [0.1, 0.15) is 17.0 Å². The summed E-state index contributed by atoms with van der Waals surface area (Å²) in [4.78, 5) is 24.9. The van der Waals surface area contributed by atoms with E-state index in [-0.39, 0.29) is 26.4 Å². The summed E-state index contributed by atoms with van der Waals surface area (Å²) >= 11 is 18.2. The van der Waals surface area contributed by atoms with Crippen molar-refractivity contribution in [2.24, 2.45) is 0 Å². The molecule has 1 N–H and O–H groups in total. The summed E-state index contributed by atoms with van der Waals surface area (Å²) in [5.41, 5.74) is -2.25. The maximum Gasteiger partial charge on any atom is 0.363 e. The second-order valence-electron chi connectivity index (χ2n) is 6.46. The van der Waals surface area contributed by atoms with Gasteiger partial charge < -0.3 is 14.4 Å². The molecule has 0 unspecified atom stereocenters. The van der Waals surface area contributed by atoms with Gasteiger partial charge >= 0.3 is 11.4 Å². The summed E-state index contributed by atoms with van der Waals surface area (Å²) in [6, 6.07) is 11.7. The average Bonchev–Trinajstić information content (AvgIpc) is 2.72. The molecule has 0 aliphatic carbocycles. The first-order valence-electron chi connectivity index (χ1n) is 8.86. The van der Waals surface area contributed by atoms with Gasteiger partial charge in [-0.1, -0.05) is 53.2 Å². The van der Waals surface area contributed by atoms with Crippen LogP contribution in [0.4, 0.5) is 8.78 Å². The third-order valence-corrected chi connectivity index (χ3v) is 6.63. The number of benzene rings is 2. The molecule has 1 heterocycles. The molecule has 0 aliphatic rings. The number of methoxy groups -OCH3 is 1. The lowest BCUT2D eigenvalue weighted by atomic mass is 10.1. The number of halogens is 5. The standard InChI is InChI=1S/C21H14Cl3F2NO4S/c1-31-12-7-5-11(6-8-12)10-27-16(21(24,25)26)9-15(17(19(27)28)20(29)30)32-18-13(22)3-2-4-14(18)23/h2-9H,10H2,1H3,(H,29,30). The summed E-state index contributed by atoms with van der Waals surface area (Å²) in [5, 5.41) is 6.06. The van der Waals surface area contributed by atoms with Gasteiger partial charge in [0, 0.05) is 9.79 Å². The molecule has 2 aromatic carbocycles. The molecule has 3 aromatic rings. The third kappa shape index (κ3) is 5.20. The van der Waals surface area contributed by atoms with Crippen molar-refractivity contribution >= 4 is 52.5 Å². The maximum absolute atomic E-state index is 14.3. The van der Waals surface area contributed by atoms with Crippen molar-refractivity contribution in [2.45, 2.75) is 21.7 Å². The molecule has 168 valence electrons. The second-order valence-corrected chi connectivity index (χ2v) is 8.81. The third-order valence-electron chi connectivity index (χ3n) is 4.40. The summed E-state index contributed by atoms with van der Waals surface area (Å²) in [6.45, 7) is -0.335. The summed E-state index contributed by atoms with van der Waals surface area (Å²) in [7, 11) is 1.46. The molecule has 3 rings (SSSR count). The lowest BCUT2D eigenvalue weighted by Crippen LogP contribution is -2.33. The van der Waals surface area contributed by atoms with Crippen LogP contribution in [0.25, 0.3) is 0 Å². The molecule has 0 fully saturated rings. The Labute approximate surface area is 200 Å². The topological polar surface area (TPSA) is 68.5 Å². The zero-order chi connectivity index (χ0) is 23.6. The van der Waals surface area contributed by atoms with Crippen LogP contribution >= 0.6 is 46.6 Å². The molecule has 0 radical (unpaired) electrons. The monoisotopic (exact) mass is 519 g/mol. The highest BCUT2D eigenvalue weighted by molar-refractivity contribution is 7.99. The molecule has 0 atom stereocenters. The Morgan fingerprint density at radius 2 is 1.75 bits per heavy atom. The van der Waals surface area contributed by atoms with Crippen molar-refractivity contribution in [3.8, 4) is 5.75 Å². The zero-order valence-electron chi connectivity index (χ0n) is 16.2. The number of ether oxygens (including phenoxy) is 1. The van der Waals surface area contributed by atoms with Crippen LogP contribution in [-0.4, -0.2) is 22.8 Å². The molecule has 0 spiro atoms. The van der Waals surface area contributed by atoms with Gasteiger partial charge in [0.2, 0.25) is 0 Å². The number of alkyl halides is 3. The highest BCUT2D eigenvalue weighted by Crippen LogP contribution is 2.41. The summed E-state index contributed by atoms with van der Waals surface area (Å²) in [5.74, 6) is -1.06. The van der Waals surface area contributed by atoms with Crippen LogP contribution in [0.3, 0.4) is 0 Å². The first kappa shape index (κ1) is 24.4. The molecule has 0 saturated carbocycles. The van der Waals surface area contributed by atoms with E-state index >= 15 is 0 Å². The van der Waals surface area contributed by atoms with Gasteiger partial charge in [-0.2, -0.15) is 8.78 Å². The van der Waals surface area contributed by atoms with Crippen molar-refractivity contribution in [3.63, 3.8) is 0 Å². The largest absolute Gasteiger partial charge is 0.497 e. The van der Waals surface area contributed by atoms with Crippen molar-refractivity contribution < 1.29 is 23.4 Å². The predicted molar refractivity (Wildman–Crippen MR) is 120 cm³/mol. The van der Waals surface area contributed by atoms with E-state index < -0.39 is 28.2 Å². The van der Waals surface area contributed by atoms with Gasteiger partial charge in [0.15, 0.2) is 0 Å². The summed E-state index contributed by atoms with van der Waals surface area (Å²) < 4.78 is 34.3. The lowest BCUT2D eigenvalue weighted by molar-refractivity contribution is 0.0681. The molecule has 32 heavy (non-hydrogen) atoms. The maximum atomic E-state index is 14.3. The van der Waals surface area contributed by atoms with E-state index in [9.17, 15) is 23.5 Å². The van der Waals surface area contributed by atoms with Gasteiger partial charge in [0.05, 0.1) is 23.7 Å². The van der Waals surface area contributed by atoms with Gasteiger partial charge in [0.25, 0.3) is 5.56 Å². The number of nitrogens with zero attached hydrogens (tertiary/aromatic N) is 1. The molecule has 5 nitrogen and oxygen atoms in total. The first-order chi connectivity index (χ1) is 15.0. The van der Waals surface area contributed by atoms with Crippen LogP contribution in [0.15, 0.2) is 63.1 Å². The Kier molecular flexibility index (Phi) is 7.39. The number of carboxylic acid groups (broad SMARTS) is 1. The molecule has 0 amide bonds. The minimum atomic E-state index is -3.96. The van der Waals surface area contributed by atoms with Gasteiger partial charge in [-0.15, -0.1) is 0 Å². The Morgan fingerprint density at radius 1 is 1.16 bits per heavy atom. The van der Waals surface area contributed by atoms with E-state index in [1.807, 2.05) is 0 Å². The normalized spacial score (nSPS) is 11.4. The van der Waals surface area contributed by atoms with Crippen LogP contribution in [0.2, 0.25) is 10.0 Å². The van der Waals surface area contributed by atoms with Crippen molar-refractivity contribution in [1.29, 1.82) is 0 Å². The number of rotatable bonds is 7.